The highest BCUT2D eigenvalue weighted by molar-refractivity contribution is 6.07. The molecule has 3 aromatic rings. The number of urea groups is 1. The van der Waals surface area contributed by atoms with E-state index in [1.165, 1.54) is 16.0 Å². The van der Waals surface area contributed by atoms with Gasteiger partial charge in [-0.05, 0) is 36.6 Å². The first-order valence-corrected chi connectivity index (χ1v) is 12.8. The van der Waals surface area contributed by atoms with Crippen molar-refractivity contribution in [3.05, 3.63) is 107 Å². The first-order valence-electron chi connectivity index (χ1n) is 12.8. The van der Waals surface area contributed by atoms with E-state index in [-0.39, 0.29) is 11.9 Å². The molecule has 2 fully saturated rings. The summed E-state index contributed by atoms with van der Waals surface area (Å²) in [5.41, 5.74) is 3.32. The fraction of sp³-hybridized carbons (Fsp3) is 0.333. The van der Waals surface area contributed by atoms with E-state index in [1.807, 2.05) is 60.7 Å². The quantitative estimate of drug-likeness (QED) is 0.514. The van der Waals surface area contributed by atoms with Gasteiger partial charge in [0.2, 0.25) is 0 Å². The Balaban J connectivity index is 1.29. The monoisotopic (exact) mass is 482 g/mol. The maximum absolute atomic E-state index is 13.9. The molecule has 0 radical (unpaired) electrons. The zero-order valence-electron chi connectivity index (χ0n) is 20.9. The molecule has 0 spiro atoms. The molecule has 1 N–H and O–H groups in total. The zero-order chi connectivity index (χ0) is 25.0. The Labute approximate surface area is 213 Å². The highest BCUT2D eigenvalue weighted by Crippen LogP contribution is 2.33. The molecular formula is C30H34N4O2. The Kier molecular flexibility index (Phi) is 7.16. The summed E-state index contributed by atoms with van der Waals surface area (Å²) in [6.07, 6.45) is 1.42. The normalized spacial score (nSPS) is 21.4. The SMILES string of the molecule is Cc1ccc(CN2CCCN(CN3C(=O)N[C@@](Cc4ccccc4)(c4ccccc4)C3=O)CC2)cc1. The van der Waals surface area contributed by atoms with Crippen LogP contribution in [-0.2, 0) is 23.3 Å². The smallest absolute Gasteiger partial charge is 0.319 e. The van der Waals surface area contributed by atoms with Crippen molar-refractivity contribution in [2.75, 3.05) is 32.8 Å². The van der Waals surface area contributed by atoms with Crippen LogP contribution >= 0.6 is 0 Å². The number of hydrogen-bond acceptors (Lipinski definition) is 4. The van der Waals surface area contributed by atoms with Crippen LogP contribution < -0.4 is 5.32 Å². The van der Waals surface area contributed by atoms with Gasteiger partial charge in [-0.3, -0.25) is 14.6 Å². The number of carbonyl (C=O) groups excluding carboxylic acids is 2. The van der Waals surface area contributed by atoms with E-state index >= 15 is 0 Å². The lowest BCUT2D eigenvalue weighted by molar-refractivity contribution is -0.133. The van der Waals surface area contributed by atoms with Crippen LogP contribution in [0.4, 0.5) is 4.79 Å². The van der Waals surface area contributed by atoms with Gasteiger partial charge in [-0.2, -0.15) is 0 Å². The Morgan fingerprint density at radius 2 is 1.39 bits per heavy atom. The van der Waals surface area contributed by atoms with Gasteiger partial charge in [0.05, 0.1) is 6.67 Å². The molecular weight excluding hydrogens is 448 g/mol. The van der Waals surface area contributed by atoms with Crippen molar-refractivity contribution in [3.63, 3.8) is 0 Å². The molecule has 0 aliphatic carbocycles. The molecule has 0 bridgehead atoms. The number of amides is 3. The van der Waals surface area contributed by atoms with Gasteiger partial charge in [-0.1, -0.05) is 90.5 Å². The summed E-state index contributed by atoms with van der Waals surface area (Å²) in [7, 11) is 0. The van der Waals surface area contributed by atoms with Crippen LogP contribution in [0.1, 0.15) is 28.7 Å². The lowest BCUT2D eigenvalue weighted by atomic mass is 9.83. The Bertz CT molecular complexity index is 1180. The molecule has 3 amide bonds. The molecule has 0 saturated carbocycles. The number of aryl methyl sites for hydroxylation is 1. The third-order valence-electron chi connectivity index (χ3n) is 7.30. The predicted molar refractivity (Wildman–Crippen MR) is 141 cm³/mol. The van der Waals surface area contributed by atoms with Gasteiger partial charge in [-0.15, -0.1) is 0 Å². The second-order valence-electron chi connectivity index (χ2n) is 9.97. The van der Waals surface area contributed by atoms with Crippen LogP contribution in [0.25, 0.3) is 0 Å². The largest absolute Gasteiger partial charge is 0.326 e. The van der Waals surface area contributed by atoms with Crippen molar-refractivity contribution in [1.29, 1.82) is 0 Å². The minimum atomic E-state index is -1.09. The van der Waals surface area contributed by atoms with E-state index in [4.69, 9.17) is 0 Å². The van der Waals surface area contributed by atoms with E-state index < -0.39 is 5.54 Å². The number of hydrogen-bond donors (Lipinski definition) is 1. The molecule has 0 unspecified atom stereocenters. The highest BCUT2D eigenvalue weighted by Gasteiger charge is 2.52. The van der Waals surface area contributed by atoms with Crippen LogP contribution in [0, 0.1) is 6.92 Å². The molecule has 2 aliphatic heterocycles. The number of benzene rings is 3. The molecule has 3 aromatic carbocycles. The summed E-state index contributed by atoms with van der Waals surface area (Å²) in [5.74, 6) is -0.177. The van der Waals surface area contributed by atoms with Gasteiger partial charge in [0.1, 0.15) is 0 Å². The second kappa shape index (κ2) is 10.6. The molecule has 6 heteroatoms. The minimum absolute atomic E-state index is 0.177. The summed E-state index contributed by atoms with van der Waals surface area (Å²) < 4.78 is 0. The van der Waals surface area contributed by atoms with E-state index in [0.717, 1.165) is 50.3 Å². The topological polar surface area (TPSA) is 55.9 Å². The van der Waals surface area contributed by atoms with E-state index in [9.17, 15) is 9.59 Å². The van der Waals surface area contributed by atoms with Crippen molar-refractivity contribution in [2.24, 2.45) is 0 Å². The van der Waals surface area contributed by atoms with Gasteiger partial charge in [0, 0.05) is 32.6 Å². The molecule has 36 heavy (non-hydrogen) atoms. The Hall–Kier alpha value is -3.48. The second-order valence-corrected chi connectivity index (χ2v) is 9.97. The number of nitrogens with one attached hydrogen (secondary N) is 1. The summed E-state index contributed by atoms with van der Waals surface area (Å²) in [5, 5.41) is 3.08. The van der Waals surface area contributed by atoms with Crippen LogP contribution in [0.5, 0.6) is 0 Å². The van der Waals surface area contributed by atoms with Crippen molar-refractivity contribution in [3.8, 4) is 0 Å². The van der Waals surface area contributed by atoms with Gasteiger partial charge >= 0.3 is 6.03 Å². The van der Waals surface area contributed by atoms with Crippen molar-refractivity contribution < 1.29 is 9.59 Å². The lowest BCUT2D eigenvalue weighted by Gasteiger charge is -2.29. The van der Waals surface area contributed by atoms with Crippen molar-refractivity contribution in [2.45, 2.75) is 31.8 Å². The van der Waals surface area contributed by atoms with Crippen LogP contribution in [0.3, 0.4) is 0 Å². The van der Waals surface area contributed by atoms with E-state index in [0.29, 0.717) is 13.1 Å². The van der Waals surface area contributed by atoms with Crippen LogP contribution in [0.2, 0.25) is 0 Å². The Morgan fingerprint density at radius 3 is 2.11 bits per heavy atom. The predicted octanol–water partition coefficient (Wildman–Crippen LogP) is 4.15. The summed E-state index contributed by atoms with van der Waals surface area (Å²) in [6.45, 7) is 6.93. The Morgan fingerprint density at radius 1 is 0.750 bits per heavy atom. The first kappa shape index (κ1) is 24.2. The average molecular weight is 483 g/mol. The third kappa shape index (κ3) is 5.20. The van der Waals surface area contributed by atoms with Gasteiger partial charge in [-0.25, -0.2) is 9.69 Å². The minimum Gasteiger partial charge on any atom is -0.319 e. The number of imide groups is 1. The summed E-state index contributed by atoms with van der Waals surface area (Å²) >= 11 is 0. The van der Waals surface area contributed by atoms with E-state index in [1.54, 1.807) is 0 Å². The lowest BCUT2D eigenvalue weighted by Crippen LogP contribution is -2.47. The molecule has 2 aliphatic rings. The molecule has 2 saturated heterocycles. The fourth-order valence-corrected chi connectivity index (χ4v) is 5.27. The maximum Gasteiger partial charge on any atom is 0.326 e. The summed E-state index contributed by atoms with van der Waals surface area (Å²) in [4.78, 5) is 33.3. The summed E-state index contributed by atoms with van der Waals surface area (Å²) in [6, 6.07) is 27.9. The zero-order valence-corrected chi connectivity index (χ0v) is 20.9. The molecule has 1 atom stereocenters. The molecule has 186 valence electrons. The van der Waals surface area contributed by atoms with Gasteiger partial charge in [0.15, 0.2) is 5.54 Å². The highest BCUT2D eigenvalue weighted by atomic mass is 16.2. The molecule has 5 rings (SSSR count). The molecule has 2 heterocycles. The number of nitrogens with zero attached hydrogens (tertiary/aromatic N) is 3. The molecule has 0 aromatic heterocycles. The fourth-order valence-electron chi connectivity index (χ4n) is 5.27. The third-order valence-corrected chi connectivity index (χ3v) is 7.30. The molecule has 6 nitrogen and oxygen atoms in total. The van der Waals surface area contributed by atoms with E-state index in [2.05, 4.69) is 46.3 Å². The average Bonchev–Trinajstić information content (AvgIpc) is 3.03. The number of rotatable bonds is 7. The number of carbonyl (C=O) groups is 2. The maximum atomic E-state index is 13.9. The van der Waals surface area contributed by atoms with Gasteiger partial charge in [0.25, 0.3) is 5.91 Å². The van der Waals surface area contributed by atoms with Crippen molar-refractivity contribution >= 4 is 11.9 Å². The van der Waals surface area contributed by atoms with Crippen LogP contribution in [0.15, 0.2) is 84.9 Å². The first-order chi connectivity index (χ1) is 17.5. The standard InChI is InChI=1S/C30H34N4O2/c1-24-13-15-26(16-14-24)22-32-17-8-18-33(20-19-32)23-34-28(35)30(31-29(34)36,27-11-6-3-7-12-27)21-25-9-4-2-5-10-25/h2-7,9-16H,8,17-23H2,1H3,(H,31,36)/t30-/m0/s1. The van der Waals surface area contributed by atoms with Crippen molar-refractivity contribution in [1.82, 2.24) is 20.0 Å². The van der Waals surface area contributed by atoms with Crippen LogP contribution in [-0.4, -0.2) is 59.5 Å². The van der Waals surface area contributed by atoms with Gasteiger partial charge < -0.3 is 5.32 Å².